The topological polar surface area (TPSA) is 99.9 Å². The molecule has 2 N–H and O–H groups in total. The Balaban J connectivity index is 1.47. The Morgan fingerprint density at radius 1 is 1.22 bits per heavy atom. The molecule has 188 valence electrons. The number of nitrogens with two attached hydrogens (primary N) is 1. The second kappa shape index (κ2) is 9.22. The molecule has 0 unspecified atom stereocenters. The van der Waals surface area contributed by atoms with Gasteiger partial charge >= 0.3 is 16.2 Å². The van der Waals surface area contributed by atoms with Crippen molar-refractivity contribution in [3.8, 4) is 22.6 Å². The Labute approximate surface area is 208 Å². The third-order valence-electron chi connectivity index (χ3n) is 5.60. The highest BCUT2D eigenvalue weighted by Crippen LogP contribution is 2.41. The van der Waals surface area contributed by atoms with Gasteiger partial charge in [0.25, 0.3) is 5.13 Å². The molecule has 36 heavy (non-hydrogen) atoms. The van der Waals surface area contributed by atoms with Crippen LogP contribution >= 0.6 is 11.3 Å². The van der Waals surface area contributed by atoms with E-state index in [-0.39, 0.29) is 22.8 Å². The third kappa shape index (κ3) is 4.94. The molecule has 0 aliphatic carbocycles. The first-order valence-corrected chi connectivity index (χ1v) is 13.2. The van der Waals surface area contributed by atoms with Crippen LogP contribution in [-0.2, 0) is 23.2 Å². The summed E-state index contributed by atoms with van der Waals surface area (Å²) in [5.41, 5.74) is 0.534. The van der Waals surface area contributed by atoms with Gasteiger partial charge in [0.05, 0.1) is 18.4 Å². The number of primary sulfonamides is 1. The average Bonchev–Trinajstić information content (AvgIpc) is 3.50. The number of thiazole rings is 1. The number of rotatable bonds is 6. The zero-order valence-corrected chi connectivity index (χ0v) is 20.4. The molecule has 0 spiro atoms. The molecule has 4 aromatic rings. The van der Waals surface area contributed by atoms with Gasteiger partial charge < -0.3 is 9.47 Å². The van der Waals surface area contributed by atoms with E-state index in [1.54, 1.807) is 24.7 Å². The minimum Gasteiger partial charge on any atom is -0.493 e. The number of aromatic nitrogens is 3. The van der Waals surface area contributed by atoms with Crippen LogP contribution in [0.15, 0.2) is 65.3 Å². The van der Waals surface area contributed by atoms with Crippen molar-refractivity contribution in [1.29, 1.82) is 0 Å². The summed E-state index contributed by atoms with van der Waals surface area (Å²) in [4.78, 5) is 4.03. The average molecular weight is 538 g/mol. The molecule has 8 nitrogen and oxygen atoms in total. The summed E-state index contributed by atoms with van der Waals surface area (Å²) >= 11 is 1.20. The van der Waals surface area contributed by atoms with E-state index in [9.17, 15) is 21.6 Å². The number of aryl methyl sites for hydroxylation is 1. The monoisotopic (exact) mass is 537 g/mol. The van der Waals surface area contributed by atoms with E-state index in [1.165, 1.54) is 46.6 Å². The van der Waals surface area contributed by atoms with Crippen LogP contribution in [0.2, 0.25) is 0 Å². The van der Waals surface area contributed by atoms with Crippen molar-refractivity contribution >= 4 is 26.5 Å². The van der Waals surface area contributed by atoms with Crippen LogP contribution in [0, 0.1) is 0 Å². The number of benzene rings is 2. The van der Waals surface area contributed by atoms with Gasteiger partial charge in [-0.3, -0.25) is 4.68 Å². The maximum atomic E-state index is 13.4. The lowest BCUT2D eigenvalue weighted by molar-refractivity contribution is -0.397. The third-order valence-corrected chi connectivity index (χ3v) is 7.91. The molecule has 0 fully saturated rings. The van der Waals surface area contributed by atoms with Crippen LogP contribution in [0.1, 0.15) is 23.7 Å². The lowest BCUT2D eigenvalue weighted by Crippen LogP contribution is -2.81. The van der Waals surface area contributed by atoms with Crippen molar-refractivity contribution in [2.45, 2.75) is 23.6 Å². The lowest BCUT2D eigenvalue weighted by atomic mass is 10.0. The number of quaternary nitrogens is 1. The number of halogens is 3. The van der Waals surface area contributed by atoms with E-state index in [1.807, 2.05) is 0 Å². The zero-order chi connectivity index (χ0) is 25.5. The maximum absolute atomic E-state index is 13.4. The van der Waals surface area contributed by atoms with Crippen LogP contribution in [0.4, 0.5) is 18.3 Å². The minimum absolute atomic E-state index is 0.0441. The second-order valence-electron chi connectivity index (χ2n) is 8.09. The number of hydrogen-bond donors (Lipinski definition) is 1. The van der Waals surface area contributed by atoms with Crippen LogP contribution in [0.25, 0.3) is 11.1 Å². The van der Waals surface area contributed by atoms with Crippen molar-refractivity contribution in [2.75, 3.05) is 6.61 Å². The number of nitrogens with zero attached hydrogens (tertiary/aromatic N) is 3. The van der Waals surface area contributed by atoms with Gasteiger partial charge in [-0.15, -0.1) is 0 Å². The lowest BCUT2D eigenvalue weighted by Gasteiger charge is -2.28. The van der Waals surface area contributed by atoms with Gasteiger partial charge in [0.1, 0.15) is 22.5 Å². The van der Waals surface area contributed by atoms with Gasteiger partial charge in [-0.2, -0.15) is 36.4 Å². The molecule has 3 heterocycles. The predicted molar refractivity (Wildman–Crippen MR) is 124 cm³/mol. The summed E-state index contributed by atoms with van der Waals surface area (Å²) < 4.78 is 80.3. The number of fused-ring (bicyclic) bond motifs is 1. The molecule has 1 aliphatic heterocycles. The first-order valence-electron chi connectivity index (χ1n) is 10.7. The highest BCUT2D eigenvalue weighted by molar-refractivity contribution is 7.85. The van der Waals surface area contributed by atoms with Crippen molar-refractivity contribution < 1.29 is 35.8 Å². The maximum Gasteiger partial charge on any atom is 0.416 e. The number of ether oxygens (including phenoxy) is 2. The Morgan fingerprint density at radius 3 is 2.75 bits per heavy atom. The van der Waals surface area contributed by atoms with Crippen LogP contribution in [0.3, 0.4) is 0 Å². The van der Waals surface area contributed by atoms with E-state index >= 15 is 0 Å². The van der Waals surface area contributed by atoms with Gasteiger partial charge in [0, 0.05) is 54.0 Å². The fourth-order valence-electron chi connectivity index (χ4n) is 3.88. The summed E-state index contributed by atoms with van der Waals surface area (Å²) in [5.74, 6) is 0.595. The van der Waals surface area contributed by atoms with Gasteiger partial charge in [0.15, 0.2) is 0 Å². The molecule has 1 atom stereocenters. The van der Waals surface area contributed by atoms with Crippen molar-refractivity contribution in [3.05, 3.63) is 71.5 Å². The van der Waals surface area contributed by atoms with Gasteiger partial charge in [-0.25, -0.2) is 0 Å². The van der Waals surface area contributed by atoms with E-state index in [0.717, 1.165) is 16.9 Å². The number of alkyl halides is 3. The highest BCUT2D eigenvalue weighted by Gasteiger charge is 2.33. The smallest absolute Gasteiger partial charge is 0.416 e. The predicted octanol–water partition coefficient (Wildman–Crippen LogP) is 4.05. The largest absolute Gasteiger partial charge is 0.493 e. The van der Waals surface area contributed by atoms with E-state index in [0.29, 0.717) is 28.4 Å². The number of hydrogen-bond acceptors (Lipinski definition) is 7. The summed E-state index contributed by atoms with van der Waals surface area (Å²) in [7, 11) is -2.10. The van der Waals surface area contributed by atoms with Gasteiger partial charge in [0.2, 0.25) is 0 Å². The van der Waals surface area contributed by atoms with E-state index in [4.69, 9.17) is 9.47 Å². The van der Waals surface area contributed by atoms with E-state index < -0.39 is 27.9 Å². The summed E-state index contributed by atoms with van der Waals surface area (Å²) in [6.45, 7) is 0.250. The highest BCUT2D eigenvalue weighted by atomic mass is 32.2. The molecule has 5 rings (SSSR count). The first kappa shape index (κ1) is 24.3. The molecule has 13 heteroatoms. The molecule has 2 aromatic heterocycles. The Morgan fingerprint density at radius 2 is 2.06 bits per heavy atom. The minimum atomic E-state index is -4.52. The van der Waals surface area contributed by atoms with Crippen LogP contribution < -0.4 is 14.2 Å². The first-order chi connectivity index (χ1) is 17.1. The number of sulfonamides is 1. The molecular weight excluding hydrogens is 517 g/mol. The molecule has 0 radical (unpaired) electrons. The molecule has 0 saturated carbocycles. The fraction of sp³-hybridized carbons (Fsp3) is 0.217. The Kier molecular flexibility index (Phi) is 6.22. The molecule has 1 aliphatic rings. The summed E-state index contributed by atoms with van der Waals surface area (Å²) in [6.07, 6.45) is -0.0472. The van der Waals surface area contributed by atoms with E-state index in [2.05, 4.69) is 10.1 Å². The van der Waals surface area contributed by atoms with Gasteiger partial charge in [-0.1, -0.05) is 17.4 Å². The van der Waals surface area contributed by atoms with Crippen LogP contribution in [0.5, 0.6) is 11.5 Å². The molecular formula is C23H20F3N4O4S2+. The Bertz CT molecular complexity index is 1500. The Hall–Kier alpha value is -3.42. The van der Waals surface area contributed by atoms with Gasteiger partial charge in [-0.05, 0) is 24.3 Å². The second-order valence-corrected chi connectivity index (χ2v) is 10.8. The SMILES string of the molecule is Cn1cc(-c2cc(C(F)(F)F)ccc2O[C@@H]2CCOc3cc(S(=O)(=O)[NH2+]c4nccs4)ccc32)cn1. The van der Waals surface area contributed by atoms with Crippen molar-refractivity contribution in [2.24, 2.45) is 7.05 Å². The molecule has 2 aromatic carbocycles. The van der Waals surface area contributed by atoms with Crippen LogP contribution in [-0.4, -0.2) is 29.8 Å². The molecule has 0 saturated heterocycles. The summed E-state index contributed by atoms with van der Waals surface area (Å²) in [6, 6.07) is 7.80. The standard InChI is InChI=1S/C23H19F3N4O4S2/c1-30-13-14(12-28-30)18-10-15(23(24,25)26)2-5-19(18)34-20-6-8-33-21-11-16(3-4-17(20)21)36(31,32)29-22-27-7-9-35-22/h2-5,7,9-13,20H,6,8H2,1H3,(H,27,29)/p+1/t20-/m1/s1. The fourth-order valence-corrected chi connectivity index (χ4v) is 5.85. The normalized spacial score (nSPS) is 15.8. The summed E-state index contributed by atoms with van der Waals surface area (Å²) in [5, 5.41) is 6.11. The zero-order valence-electron chi connectivity index (χ0n) is 18.8. The van der Waals surface area contributed by atoms with Crippen molar-refractivity contribution in [3.63, 3.8) is 0 Å². The quantitative estimate of drug-likeness (QED) is 0.399. The molecule has 0 amide bonds. The van der Waals surface area contributed by atoms with Crippen molar-refractivity contribution in [1.82, 2.24) is 14.8 Å². The molecule has 0 bridgehead atoms.